The molecule has 0 radical (unpaired) electrons. The lowest BCUT2D eigenvalue weighted by atomic mass is 10.1. The molecule has 30 heavy (non-hydrogen) atoms. The van der Waals surface area contributed by atoms with Crippen LogP contribution in [0.3, 0.4) is 0 Å². The van der Waals surface area contributed by atoms with Gasteiger partial charge in [0.2, 0.25) is 0 Å². The van der Waals surface area contributed by atoms with E-state index < -0.39 is 31.1 Å². The molecule has 2 aromatic heterocycles. The topological polar surface area (TPSA) is 138 Å². The van der Waals surface area contributed by atoms with Gasteiger partial charge in [0, 0.05) is 6.21 Å². The van der Waals surface area contributed by atoms with E-state index in [1.54, 1.807) is 12.3 Å². The molecular formula is C20H28N6O4. The first kappa shape index (κ1) is 22.0. The predicted octanol–water partition coefficient (Wildman–Crippen LogP) is 1.53. The first-order chi connectivity index (χ1) is 14.7. The molecule has 1 aliphatic heterocycles. The maximum atomic E-state index is 10.2. The molecule has 2 aromatic rings. The van der Waals surface area contributed by atoms with Crippen LogP contribution in [-0.4, -0.2) is 66.0 Å². The summed E-state index contributed by atoms with van der Waals surface area (Å²) in [5, 5.41) is 33.6. The Morgan fingerprint density at radius 1 is 1.17 bits per heavy atom. The lowest BCUT2D eigenvalue weighted by Crippen LogP contribution is -2.33. The molecule has 0 aliphatic carbocycles. The molecule has 1 aliphatic rings. The summed E-state index contributed by atoms with van der Waals surface area (Å²) >= 11 is 0. The highest BCUT2D eigenvalue weighted by atomic mass is 16.6. The first-order valence-corrected chi connectivity index (χ1v) is 10.1. The van der Waals surface area contributed by atoms with Gasteiger partial charge in [0.25, 0.3) is 0 Å². The highest BCUT2D eigenvalue weighted by Gasteiger charge is 2.44. The average molecular weight is 416 g/mol. The summed E-state index contributed by atoms with van der Waals surface area (Å²) in [6.07, 6.45) is 12.8. The van der Waals surface area contributed by atoms with Gasteiger partial charge in [-0.2, -0.15) is 5.10 Å². The lowest BCUT2D eigenvalue weighted by Gasteiger charge is -2.16. The Hall–Kier alpha value is -2.66. The fraction of sp³-hybridized carbons (Fsp3) is 0.500. The van der Waals surface area contributed by atoms with Crippen LogP contribution in [0, 0.1) is 0 Å². The molecule has 3 heterocycles. The quantitative estimate of drug-likeness (QED) is 0.198. The van der Waals surface area contributed by atoms with Crippen molar-refractivity contribution in [2.45, 2.75) is 57.1 Å². The van der Waals surface area contributed by atoms with Gasteiger partial charge in [0.15, 0.2) is 23.2 Å². The fourth-order valence-corrected chi connectivity index (χ4v) is 3.17. The van der Waals surface area contributed by atoms with Crippen molar-refractivity contribution in [2.75, 3.05) is 12.0 Å². The Morgan fingerprint density at radius 2 is 2.03 bits per heavy atom. The number of aliphatic hydroxyl groups excluding tert-OH is 3. The van der Waals surface area contributed by atoms with Gasteiger partial charge in [-0.15, -0.1) is 0 Å². The second kappa shape index (κ2) is 10.9. The minimum Gasteiger partial charge on any atom is -0.394 e. The normalized spacial score (nSPS) is 24.8. The molecule has 4 N–H and O–H groups in total. The number of anilines is 1. The number of rotatable bonds is 10. The van der Waals surface area contributed by atoms with E-state index in [-0.39, 0.29) is 0 Å². The number of hydrogen-bond acceptors (Lipinski definition) is 9. The van der Waals surface area contributed by atoms with Crippen molar-refractivity contribution in [3.05, 3.63) is 37.0 Å². The van der Waals surface area contributed by atoms with Crippen molar-refractivity contribution >= 4 is 23.2 Å². The Kier molecular flexibility index (Phi) is 8.03. The predicted molar refractivity (Wildman–Crippen MR) is 113 cm³/mol. The summed E-state index contributed by atoms with van der Waals surface area (Å²) < 4.78 is 7.04. The second-order valence-electron chi connectivity index (χ2n) is 6.97. The largest absolute Gasteiger partial charge is 0.394 e. The number of aliphatic hydroxyl groups is 3. The van der Waals surface area contributed by atoms with Crippen LogP contribution in [0.25, 0.3) is 11.2 Å². The Bertz CT molecular complexity index is 897. The van der Waals surface area contributed by atoms with E-state index in [1.807, 2.05) is 12.2 Å². The zero-order chi connectivity index (χ0) is 21.3. The fourth-order valence-electron chi connectivity index (χ4n) is 3.17. The molecule has 0 spiro atoms. The maximum Gasteiger partial charge on any atom is 0.177 e. The van der Waals surface area contributed by atoms with Crippen LogP contribution in [0.15, 0.2) is 42.1 Å². The Morgan fingerprint density at radius 3 is 2.80 bits per heavy atom. The number of nitrogens with one attached hydrogen (secondary N) is 1. The van der Waals surface area contributed by atoms with Gasteiger partial charge in [-0.1, -0.05) is 38.0 Å². The maximum absolute atomic E-state index is 10.2. The SMILES string of the molecule is CCCCC/C=C/C=C/C=N/Nc1ncnc2c1ncn2[C@@H]1O[C@H](CO)[C@@H](O)[C@H]1O. The molecule has 1 fully saturated rings. The number of hydrazone groups is 1. The molecule has 162 valence electrons. The molecule has 4 atom stereocenters. The molecule has 3 rings (SSSR count). The molecule has 0 unspecified atom stereocenters. The van der Waals surface area contributed by atoms with Crippen molar-refractivity contribution < 1.29 is 20.1 Å². The molecule has 1 saturated heterocycles. The van der Waals surface area contributed by atoms with E-state index in [4.69, 9.17) is 4.74 Å². The number of unbranched alkanes of at least 4 members (excludes halogenated alkanes) is 3. The van der Waals surface area contributed by atoms with Gasteiger partial charge in [-0.3, -0.25) is 9.99 Å². The van der Waals surface area contributed by atoms with E-state index in [0.717, 1.165) is 6.42 Å². The van der Waals surface area contributed by atoms with Crippen LogP contribution in [-0.2, 0) is 4.74 Å². The van der Waals surface area contributed by atoms with Gasteiger partial charge in [0.1, 0.15) is 24.6 Å². The van der Waals surface area contributed by atoms with Crippen LogP contribution in [0.5, 0.6) is 0 Å². The molecular weight excluding hydrogens is 388 g/mol. The van der Waals surface area contributed by atoms with Crippen LogP contribution in [0.1, 0.15) is 38.8 Å². The van der Waals surface area contributed by atoms with Gasteiger partial charge >= 0.3 is 0 Å². The van der Waals surface area contributed by atoms with E-state index in [1.165, 1.54) is 36.5 Å². The number of ether oxygens (including phenoxy) is 1. The van der Waals surface area contributed by atoms with Gasteiger partial charge in [0.05, 0.1) is 12.9 Å². The third-order valence-corrected chi connectivity index (χ3v) is 4.81. The number of imidazole rings is 1. The summed E-state index contributed by atoms with van der Waals surface area (Å²) in [5.41, 5.74) is 3.67. The van der Waals surface area contributed by atoms with Gasteiger partial charge in [-0.05, 0) is 18.9 Å². The summed E-state index contributed by atoms with van der Waals surface area (Å²) in [6.45, 7) is 1.78. The average Bonchev–Trinajstić information content (AvgIpc) is 3.31. The minimum absolute atomic E-state index is 0.394. The standard InChI is InChI=1S/C20H28N6O4/c1-2-3-4-5-6-7-8-9-10-24-25-18-15-19(22-12-21-18)26(13-23-15)20-17(29)16(28)14(11-27)30-20/h6-10,12-14,16-17,20,27-29H,2-5,11H2,1H3,(H,21,22,25)/b7-6+,9-8+,24-10+/t14-,16-,17-,20-/m1/s1. The number of aromatic nitrogens is 4. The lowest BCUT2D eigenvalue weighted by molar-refractivity contribution is -0.0511. The van der Waals surface area contributed by atoms with Crippen molar-refractivity contribution in [3.63, 3.8) is 0 Å². The monoisotopic (exact) mass is 416 g/mol. The summed E-state index contributed by atoms with van der Waals surface area (Å²) in [5.74, 6) is 0.394. The molecule has 0 saturated carbocycles. The van der Waals surface area contributed by atoms with Crippen molar-refractivity contribution in [2.24, 2.45) is 5.10 Å². The van der Waals surface area contributed by atoms with Crippen LogP contribution >= 0.6 is 0 Å². The number of allylic oxidation sites excluding steroid dienone is 4. The number of hydrogen-bond donors (Lipinski definition) is 4. The Balaban J connectivity index is 1.63. The molecule has 10 heteroatoms. The van der Waals surface area contributed by atoms with Crippen LogP contribution in [0.2, 0.25) is 0 Å². The zero-order valence-corrected chi connectivity index (χ0v) is 16.9. The zero-order valence-electron chi connectivity index (χ0n) is 16.9. The van der Waals surface area contributed by atoms with Crippen LogP contribution in [0.4, 0.5) is 5.82 Å². The number of nitrogens with zero attached hydrogens (tertiary/aromatic N) is 5. The molecule has 10 nitrogen and oxygen atoms in total. The Labute approximate surface area is 174 Å². The summed E-state index contributed by atoms with van der Waals surface area (Å²) in [6, 6.07) is 0. The van der Waals surface area contributed by atoms with Crippen molar-refractivity contribution in [3.8, 4) is 0 Å². The highest BCUT2D eigenvalue weighted by Crippen LogP contribution is 2.31. The smallest absolute Gasteiger partial charge is 0.177 e. The number of fused-ring (bicyclic) bond motifs is 1. The highest BCUT2D eigenvalue weighted by molar-refractivity contribution is 5.83. The third kappa shape index (κ3) is 5.08. The van der Waals surface area contributed by atoms with Crippen LogP contribution < -0.4 is 5.43 Å². The van der Waals surface area contributed by atoms with Crippen molar-refractivity contribution in [1.29, 1.82) is 0 Å². The molecule has 0 amide bonds. The van der Waals surface area contributed by atoms with E-state index in [0.29, 0.717) is 17.0 Å². The van der Waals surface area contributed by atoms with Gasteiger partial charge < -0.3 is 20.1 Å². The minimum atomic E-state index is -1.22. The molecule has 0 aromatic carbocycles. The third-order valence-electron chi connectivity index (χ3n) is 4.81. The van der Waals surface area contributed by atoms with Crippen molar-refractivity contribution in [1.82, 2.24) is 19.5 Å². The van der Waals surface area contributed by atoms with E-state index in [2.05, 4.69) is 38.5 Å². The van der Waals surface area contributed by atoms with E-state index >= 15 is 0 Å². The van der Waals surface area contributed by atoms with Gasteiger partial charge in [-0.25, -0.2) is 15.0 Å². The molecule has 0 bridgehead atoms. The second-order valence-corrected chi connectivity index (χ2v) is 6.97. The summed E-state index contributed by atoms with van der Waals surface area (Å²) in [7, 11) is 0. The first-order valence-electron chi connectivity index (χ1n) is 10.1. The van der Waals surface area contributed by atoms with E-state index in [9.17, 15) is 15.3 Å². The summed E-state index contributed by atoms with van der Waals surface area (Å²) in [4.78, 5) is 12.6.